The van der Waals surface area contributed by atoms with Crippen molar-refractivity contribution in [1.82, 2.24) is 14.5 Å². The van der Waals surface area contributed by atoms with Gasteiger partial charge in [-0.05, 0) is 68.8 Å². The van der Waals surface area contributed by atoms with Crippen LogP contribution in [0.2, 0.25) is 5.02 Å². The number of pyridine rings is 2. The van der Waals surface area contributed by atoms with Crippen molar-refractivity contribution in [2.75, 3.05) is 49.1 Å². The fourth-order valence-electron chi connectivity index (χ4n) is 5.88. The number of aryl methyl sites for hydroxylation is 1. The molecule has 0 spiro atoms. The number of halogens is 2. The number of rotatable bonds is 6. The highest BCUT2D eigenvalue weighted by atomic mass is 35.5. The van der Waals surface area contributed by atoms with E-state index in [0.29, 0.717) is 31.9 Å². The molecule has 0 saturated carbocycles. The molecule has 212 valence electrons. The van der Waals surface area contributed by atoms with Crippen LogP contribution in [0.5, 0.6) is 0 Å². The Bertz CT molecular complexity index is 1680. The Kier molecular flexibility index (Phi) is 7.40. The minimum atomic E-state index is -1.38. The highest BCUT2D eigenvalue weighted by Crippen LogP contribution is 2.37. The van der Waals surface area contributed by atoms with Gasteiger partial charge in [0.15, 0.2) is 0 Å². The zero-order valence-corrected chi connectivity index (χ0v) is 23.6. The van der Waals surface area contributed by atoms with E-state index in [9.17, 15) is 14.7 Å². The lowest BCUT2D eigenvalue weighted by molar-refractivity contribution is 0.0695. The molecule has 2 saturated heterocycles. The summed E-state index contributed by atoms with van der Waals surface area (Å²) in [6.45, 7) is 7.18. The average molecular weight is 576 g/mol. The zero-order chi connectivity index (χ0) is 28.7. The van der Waals surface area contributed by atoms with Crippen molar-refractivity contribution in [2.24, 2.45) is 0 Å². The van der Waals surface area contributed by atoms with E-state index in [-0.39, 0.29) is 21.6 Å². The second-order valence-electron chi connectivity index (χ2n) is 10.7. The van der Waals surface area contributed by atoms with Crippen LogP contribution in [0.15, 0.2) is 59.5 Å². The van der Waals surface area contributed by atoms with Crippen molar-refractivity contribution in [3.05, 3.63) is 92.6 Å². The van der Waals surface area contributed by atoms with E-state index in [1.54, 1.807) is 4.57 Å². The molecule has 8 nitrogen and oxygen atoms in total. The molecule has 10 heteroatoms. The molecule has 0 amide bonds. The summed E-state index contributed by atoms with van der Waals surface area (Å²) in [6.07, 6.45) is 3.70. The second-order valence-corrected chi connectivity index (χ2v) is 11.1. The van der Waals surface area contributed by atoms with Crippen LogP contribution in [0.4, 0.5) is 15.9 Å². The minimum Gasteiger partial charge on any atom is -0.477 e. The van der Waals surface area contributed by atoms with E-state index in [0.717, 1.165) is 42.8 Å². The van der Waals surface area contributed by atoms with Crippen LogP contribution in [0.3, 0.4) is 0 Å². The summed E-state index contributed by atoms with van der Waals surface area (Å²) in [5, 5.41) is 9.78. The normalized spacial score (nSPS) is 16.1. The van der Waals surface area contributed by atoms with Crippen LogP contribution in [0.1, 0.15) is 34.5 Å². The van der Waals surface area contributed by atoms with E-state index >= 15 is 4.39 Å². The van der Waals surface area contributed by atoms with Crippen LogP contribution in [-0.2, 0) is 6.54 Å². The van der Waals surface area contributed by atoms with Crippen molar-refractivity contribution >= 4 is 40.0 Å². The molecule has 0 aliphatic carbocycles. The van der Waals surface area contributed by atoms with Crippen LogP contribution in [-0.4, -0.2) is 64.8 Å². The first-order valence-corrected chi connectivity index (χ1v) is 14.2. The Hall–Kier alpha value is -3.95. The third-order valence-electron chi connectivity index (χ3n) is 8.00. The summed E-state index contributed by atoms with van der Waals surface area (Å²) >= 11 is 6.94. The first-order chi connectivity index (χ1) is 19.8. The lowest BCUT2D eigenvalue weighted by Crippen LogP contribution is -2.47. The fourth-order valence-corrected chi connectivity index (χ4v) is 6.28. The van der Waals surface area contributed by atoms with Gasteiger partial charge in [0.1, 0.15) is 17.2 Å². The third kappa shape index (κ3) is 5.27. The van der Waals surface area contributed by atoms with Crippen LogP contribution >= 0.6 is 11.6 Å². The standard InChI is InChI=1S/C31H31ClFN5O3/c1-20-5-4-6-26(34-20)36-13-15-37(16-14-36)29-25(33)17-23-28(27(29)32)38(19-24(30(23)39)31(40)41)22-9-7-21(8-10-22)18-35-11-2-3-12-35/h4-10,17,19H,2-3,11-16,18H2,1H3,(H,40,41). The number of hydrogen-bond acceptors (Lipinski definition) is 6. The van der Waals surface area contributed by atoms with Crippen molar-refractivity contribution in [3.63, 3.8) is 0 Å². The van der Waals surface area contributed by atoms with Gasteiger partial charge in [0.2, 0.25) is 5.43 Å². The molecule has 1 N–H and O–H groups in total. The number of benzene rings is 2. The monoisotopic (exact) mass is 575 g/mol. The van der Waals surface area contributed by atoms with Crippen molar-refractivity contribution in [3.8, 4) is 5.69 Å². The van der Waals surface area contributed by atoms with E-state index in [4.69, 9.17) is 11.6 Å². The number of piperazine rings is 1. The van der Waals surface area contributed by atoms with E-state index < -0.39 is 22.8 Å². The summed E-state index contributed by atoms with van der Waals surface area (Å²) < 4.78 is 17.3. The van der Waals surface area contributed by atoms with Gasteiger partial charge in [0.05, 0.1) is 21.6 Å². The van der Waals surface area contributed by atoms with E-state index in [1.165, 1.54) is 19.0 Å². The third-order valence-corrected chi connectivity index (χ3v) is 8.36. The molecule has 4 heterocycles. The Morgan fingerprint density at radius 1 is 1.00 bits per heavy atom. The molecule has 4 aromatic rings. The van der Waals surface area contributed by atoms with Gasteiger partial charge in [-0.1, -0.05) is 29.8 Å². The number of nitrogens with zero attached hydrogens (tertiary/aromatic N) is 5. The van der Waals surface area contributed by atoms with Gasteiger partial charge in [0, 0.05) is 50.3 Å². The number of carboxylic acids is 1. The summed E-state index contributed by atoms with van der Waals surface area (Å²) in [4.78, 5) is 36.2. The first-order valence-electron chi connectivity index (χ1n) is 13.9. The smallest absolute Gasteiger partial charge is 0.341 e. The Morgan fingerprint density at radius 3 is 2.34 bits per heavy atom. The molecule has 0 atom stereocenters. The summed E-state index contributed by atoms with van der Waals surface area (Å²) in [5.41, 5.74) is 1.98. The van der Waals surface area contributed by atoms with Crippen LogP contribution in [0.25, 0.3) is 16.6 Å². The molecular formula is C31H31ClFN5O3. The van der Waals surface area contributed by atoms with Gasteiger partial charge in [-0.3, -0.25) is 9.69 Å². The van der Waals surface area contributed by atoms with Crippen LogP contribution < -0.4 is 15.2 Å². The maximum Gasteiger partial charge on any atom is 0.341 e. The van der Waals surface area contributed by atoms with E-state index in [2.05, 4.69) is 14.8 Å². The number of fused-ring (bicyclic) bond motifs is 1. The summed E-state index contributed by atoms with van der Waals surface area (Å²) in [6, 6.07) is 14.7. The molecule has 6 rings (SSSR count). The van der Waals surface area contributed by atoms with Gasteiger partial charge >= 0.3 is 5.97 Å². The predicted molar refractivity (Wildman–Crippen MR) is 159 cm³/mol. The maximum atomic E-state index is 15.7. The molecule has 0 unspecified atom stereocenters. The lowest BCUT2D eigenvalue weighted by Gasteiger charge is -2.37. The molecule has 0 radical (unpaired) electrons. The molecule has 0 bridgehead atoms. The Balaban J connectivity index is 1.39. The van der Waals surface area contributed by atoms with Crippen molar-refractivity contribution in [2.45, 2.75) is 26.3 Å². The van der Waals surface area contributed by atoms with Crippen molar-refractivity contribution in [1.29, 1.82) is 0 Å². The fraction of sp³-hybridized carbons (Fsp3) is 0.323. The lowest BCUT2D eigenvalue weighted by atomic mass is 10.1. The number of likely N-dealkylation sites (tertiary alicyclic amines) is 1. The van der Waals surface area contributed by atoms with Gasteiger partial charge < -0.3 is 19.5 Å². The van der Waals surface area contributed by atoms with Gasteiger partial charge in [-0.25, -0.2) is 14.2 Å². The molecule has 2 aromatic heterocycles. The Labute approximate surface area is 242 Å². The minimum absolute atomic E-state index is 0.0695. The van der Waals surface area contributed by atoms with Gasteiger partial charge in [0.25, 0.3) is 0 Å². The van der Waals surface area contributed by atoms with E-state index in [1.807, 2.05) is 54.3 Å². The topological polar surface area (TPSA) is 81.9 Å². The quantitative estimate of drug-likeness (QED) is 0.342. The number of aromatic nitrogens is 2. The number of anilines is 2. The largest absolute Gasteiger partial charge is 0.477 e. The predicted octanol–water partition coefficient (Wildman–Crippen LogP) is 5.11. The molecule has 41 heavy (non-hydrogen) atoms. The summed E-state index contributed by atoms with van der Waals surface area (Å²) in [5.74, 6) is -1.16. The van der Waals surface area contributed by atoms with Gasteiger partial charge in [-0.2, -0.15) is 0 Å². The number of hydrogen-bond donors (Lipinski definition) is 1. The Morgan fingerprint density at radius 2 is 1.68 bits per heavy atom. The molecule has 2 aliphatic heterocycles. The summed E-state index contributed by atoms with van der Waals surface area (Å²) in [7, 11) is 0. The first kappa shape index (κ1) is 27.2. The SMILES string of the molecule is Cc1cccc(N2CCN(c3c(F)cc4c(=O)c(C(=O)O)cn(-c5ccc(CN6CCCC6)cc5)c4c3Cl)CC2)n1. The highest BCUT2D eigenvalue weighted by molar-refractivity contribution is 6.38. The molecule has 2 aromatic carbocycles. The highest BCUT2D eigenvalue weighted by Gasteiger charge is 2.27. The number of carbonyl (C=O) groups is 1. The molecule has 2 fully saturated rings. The zero-order valence-electron chi connectivity index (χ0n) is 22.8. The second kappa shape index (κ2) is 11.1. The van der Waals surface area contributed by atoms with Gasteiger partial charge in [-0.15, -0.1) is 0 Å². The molecular weight excluding hydrogens is 545 g/mol. The molecule has 2 aliphatic rings. The average Bonchev–Trinajstić information content (AvgIpc) is 3.47. The van der Waals surface area contributed by atoms with Crippen LogP contribution in [0, 0.1) is 12.7 Å². The maximum absolute atomic E-state index is 15.7. The van der Waals surface area contributed by atoms with Crippen molar-refractivity contribution < 1.29 is 14.3 Å². The number of aromatic carboxylic acids is 1. The number of carboxylic acid groups (broad SMARTS) is 1.